The van der Waals surface area contributed by atoms with E-state index < -0.39 is 0 Å². The first kappa shape index (κ1) is 21.8. The predicted octanol–water partition coefficient (Wildman–Crippen LogP) is 4.09. The summed E-state index contributed by atoms with van der Waals surface area (Å²) >= 11 is 0. The number of ether oxygens (including phenoxy) is 1. The van der Waals surface area contributed by atoms with E-state index in [-0.39, 0.29) is 23.2 Å². The van der Waals surface area contributed by atoms with E-state index in [4.69, 9.17) is 4.74 Å². The molecule has 3 aromatic rings. The molecule has 8 nitrogen and oxygen atoms in total. The molecular formula is C24H28N4O4. The summed E-state index contributed by atoms with van der Waals surface area (Å²) in [5, 5.41) is 10.3. The molecule has 1 aromatic carbocycles. The van der Waals surface area contributed by atoms with E-state index in [9.17, 15) is 14.4 Å². The van der Waals surface area contributed by atoms with Crippen LogP contribution in [0, 0.1) is 5.92 Å². The number of nitrogens with one attached hydrogen (secondary N) is 2. The van der Waals surface area contributed by atoms with Crippen LogP contribution in [-0.2, 0) is 4.79 Å². The molecule has 2 aliphatic rings. The summed E-state index contributed by atoms with van der Waals surface area (Å²) in [4.78, 5) is 35.2. The number of carbonyl (C=O) groups excluding carboxylic acids is 2. The molecule has 1 amide bonds. The lowest BCUT2D eigenvalue weighted by Crippen LogP contribution is -2.25. The minimum absolute atomic E-state index is 0.184. The lowest BCUT2D eigenvalue weighted by Gasteiger charge is -2.14. The van der Waals surface area contributed by atoms with E-state index in [1.54, 1.807) is 41.2 Å². The van der Waals surface area contributed by atoms with Crippen molar-refractivity contribution in [1.82, 2.24) is 14.8 Å². The molecule has 0 bridgehead atoms. The monoisotopic (exact) mass is 436 g/mol. The SMILES string of the molecule is COc1cc2[nH]ncc2cc1C(=O)Nc1cccn(C2CC2)c1=O.O=CC1CCCCC1. The molecule has 0 spiro atoms. The van der Waals surface area contributed by atoms with Crippen LogP contribution < -0.4 is 15.6 Å². The van der Waals surface area contributed by atoms with Crippen molar-refractivity contribution >= 4 is 28.8 Å². The van der Waals surface area contributed by atoms with E-state index in [1.807, 2.05) is 0 Å². The maximum absolute atomic E-state index is 12.6. The van der Waals surface area contributed by atoms with Gasteiger partial charge in [-0.05, 0) is 43.9 Å². The fourth-order valence-corrected chi connectivity index (χ4v) is 4.02. The predicted molar refractivity (Wildman–Crippen MR) is 122 cm³/mol. The molecule has 5 rings (SSSR count). The second-order valence-electron chi connectivity index (χ2n) is 8.36. The van der Waals surface area contributed by atoms with Crippen LogP contribution in [-0.4, -0.2) is 34.1 Å². The number of methoxy groups -OCH3 is 1. The first-order chi connectivity index (χ1) is 15.6. The Morgan fingerprint density at radius 1 is 1.22 bits per heavy atom. The van der Waals surface area contributed by atoms with E-state index in [1.165, 1.54) is 26.4 Å². The van der Waals surface area contributed by atoms with Crippen LogP contribution in [0.2, 0.25) is 0 Å². The maximum Gasteiger partial charge on any atom is 0.274 e. The van der Waals surface area contributed by atoms with Gasteiger partial charge in [-0.15, -0.1) is 0 Å². The number of nitrogens with zero attached hydrogens (tertiary/aromatic N) is 2. The number of H-pyrrole nitrogens is 1. The summed E-state index contributed by atoms with van der Waals surface area (Å²) in [5.74, 6) is 0.437. The molecule has 0 unspecified atom stereocenters. The van der Waals surface area contributed by atoms with Crippen molar-refractivity contribution in [3.63, 3.8) is 0 Å². The van der Waals surface area contributed by atoms with Gasteiger partial charge in [0.25, 0.3) is 11.5 Å². The minimum atomic E-state index is -0.388. The smallest absolute Gasteiger partial charge is 0.274 e. The lowest BCUT2D eigenvalue weighted by atomic mass is 9.91. The van der Waals surface area contributed by atoms with Gasteiger partial charge in [0.2, 0.25) is 0 Å². The van der Waals surface area contributed by atoms with Crippen molar-refractivity contribution in [1.29, 1.82) is 0 Å². The summed E-state index contributed by atoms with van der Waals surface area (Å²) in [7, 11) is 1.50. The van der Waals surface area contributed by atoms with Gasteiger partial charge in [0.15, 0.2) is 0 Å². The Kier molecular flexibility index (Phi) is 6.68. The van der Waals surface area contributed by atoms with Crippen LogP contribution >= 0.6 is 0 Å². The Bertz CT molecular complexity index is 1160. The summed E-state index contributed by atoms with van der Waals surface area (Å²) in [6.45, 7) is 0. The van der Waals surface area contributed by atoms with Gasteiger partial charge >= 0.3 is 0 Å². The van der Waals surface area contributed by atoms with Crippen LogP contribution in [0.25, 0.3) is 10.9 Å². The van der Waals surface area contributed by atoms with E-state index in [2.05, 4.69) is 15.5 Å². The van der Waals surface area contributed by atoms with Crippen molar-refractivity contribution in [3.05, 3.63) is 52.6 Å². The minimum Gasteiger partial charge on any atom is -0.496 e. The normalized spacial score (nSPS) is 16.2. The number of pyridine rings is 1. The molecule has 0 radical (unpaired) electrons. The quantitative estimate of drug-likeness (QED) is 0.586. The molecule has 0 atom stereocenters. The topological polar surface area (TPSA) is 106 Å². The van der Waals surface area contributed by atoms with Gasteiger partial charge in [-0.2, -0.15) is 5.10 Å². The van der Waals surface area contributed by atoms with Gasteiger partial charge in [-0.3, -0.25) is 14.7 Å². The average Bonchev–Trinajstić information content (AvgIpc) is 3.57. The number of rotatable bonds is 5. The zero-order chi connectivity index (χ0) is 22.5. The highest BCUT2D eigenvalue weighted by molar-refractivity contribution is 6.08. The van der Waals surface area contributed by atoms with Gasteiger partial charge < -0.3 is 19.4 Å². The van der Waals surface area contributed by atoms with Gasteiger partial charge in [0.1, 0.15) is 17.7 Å². The van der Waals surface area contributed by atoms with E-state index in [0.717, 1.165) is 42.9 Å². The number of aldehydes is 1. The highest BCUT2D eigenvalue weighted by Crippen LogP contribution is 2.33. The van der Waals surface area contributed by atoms with Gasteiger partial charge in [0, 0.05) is 29.6 Å². The molecule has 168 valence electrons. The molecule has 8 heteroatoms. The Morgan fingerprint density at radius 2 is 2.00 bits per heavy atom. The maximum atomic E-state index is 12.6. The number of carbonyl (C=O) groups is 2. The van der Waals surface area contributed by atoms with Crippen LogP contribution in [0.1, 0.15) is 61.3 Å². The number of aromatic nitrogens is 3. The van der Waals surface area contributed by atoms with E-state index >= 15 is 0 Å². The number of hydrogen-bond acceptors (Lipinski definition) is 5. The zero-order valence-electron chi connectivity index (χ0n) is 18.2. The molecule has 2 saturated carbocycles. The Hall–Kier alpha value is -3.42. The van der Waals surface area contributed by atoms with Crippen LogP contribution in [0.15, 0.2) is 41.5 Å². The first-order valence-electron chi connectivity index (χ1n) is 11.1. The standard InChI is InChI=1S/C17H16N4O3.C7H12O/c1-24-15-8-14-10(9-18-20-14)7-12(15)16(22)19-13-3-2-6-21(17(13)23)11-4-5-11;8-6-7-4-2-1-3-5-7/h2-3,6-9,11H,4-5H2,1H3,(H,18,20)(H,19,22);6-7H,1-5H2. The summed E-state index contributed by atoms with van der Waals surface area (Å²) in [5.41, 5.74) is 1.22. The molecule has 0 saturated heterocycles. The zero-order valence-corrected chi connectivity index (χ0v) is 18.2. The molecule has 0 aliphatic heterocycles. The number of aromatic amines is 1. The Balaban J connectivity index is 0.000000260. The van der Waals surface area contributed by atoms with Crippen molar-refractivity contribution in [2.75, 3.05) is 12.4 Å². The van der Waals surface area contributed by atoms with E-state index in [0.29, 0.717) is 17.2 Å². The fraction of sp³-hybridized carbons (Fsp3) is 0.417. The molecule has 2 aliphatic carbocycles. The lowest BCUT2D eigenvalue weighted by molar-refractivity contribution is -0.111. The third-order valence-electron chi connectivity index (χ3n) is 6.01. The molecular weight excluding hydrogens is 408 g/mol. The van der Waals surface area contributed by atoms with Crippen LogP contribution in [0.5, 0.6) is 5.75 Å². The number of benzene rings is 1. The van der Waals surface area contributed by atoms with Crippen molar-refractivity contribution in [2.24, 2.45) is 5.92 Å². The van der Waals surface area contributed by atoms with Gasteiger partial charge in [-0.1, -0.05) is 19.3 Å². The fourth-order valence-electron chi connectivity index (χ4n) is 4.02. The van der Waals surface area contributed by atoms with Crippen LogP contribution in [0.3, 0.4) is 0 Å². The molecule has 2 fully saturated rings. The Labute approximate surface area is 186 Å². The summed E-state index contributed by atoms with van der Waals surface area (Å²) in [6.07, 6.45) is 12.7. The molecule has 2 aromatic heterocycles. The van der Waals surface area contributed by atoms with Gasteiger partial charge in [0.05, 0.1) is 24.4 Å². The highest BCUT2D eigenvalue weighted by atomic mass is 16.5. The number of anilines is 1. The van der Waals surface area contributed by atoms with Crippen molar-refractivity contribution < 1.29 is 14.3 Å². The first-order valence-corrected chi connectivity index (χ1v) is 11.1. The van der Waals surface area contributed by atoms with Crippen LogP contribution in [0.4, 0.5) is 5.69 Å². The molecule has 2 heterocycles. The second-order valence-corrected chi connectivity index (χ2v) is 8.36. The largest absolute Gasteiger partial charge is 0.496 e. The Morgan fingerprint density at radius 3 is 2.66 bits per heavy atom. The average molecular weight is 437 g/mol. The molecule has 2 N–H and O–H groups in total. The number of amides is 1. The highest BCUT2D eigenvalue weighted by Gasteiger charge is 2.25. The van der Waals surface area contributed by atoms with Crippen molar-refractivity contribution in [3.8, 4) is 5.75 Å². The summed E-state index contributed by atoms with van der Waals surface area (Å²) < 4.78 is 6.96. The third kappa shape index (κ3) is 4.90. The number of fused-ring (bicyclic) bond motifs is 1. The third-order valence-corrected chi connectivity index (χ3v) is 6.01. The second kappa shape index (κ2) is 9.80. The summed E-state index contributed by atoms with van der Waals surface area (Å²) in [6, 6.07) is 7.04. The molecule has 32 heavy (non-hydrogen) atoms. The number of hydrogen-bond donors (Lipinski definition) is 2. The van der Waals surface area contributed by atoms with Crippen molar-refractivity contribution in [2.45, 2.75) is 51.0 Å². The van der Waals surface area contributed by atoms with Gasteiger partial charge in [-0.25, -0.2) is 0 Å².